The number of rotatable bonds is 4. The molecule has 2 aromatic rings. The largest absolute Gasteiger partial charge is 0.463 e. The summed E-state index contributed by atoms with van der Waals surface area (Å²) in [5.74, 6) is 0.410. The van der Waals surface area contributed by atoms with E-state index in [0.29, 0.717) is 19.0 Å². The van der Waals surface area contributed by atoms with Crippen molar-refractivity contribution in [1.82, 2.24) is 5.32 Å². The highest BCUT2D eigenvalue weighted by Gasteiger charge is 2.21. The van der Waals surface area contributed by atoms with E-state index in [1.807, 2.05) is 7.05 Å². The lowest BCUT2D eigenvalue weighted by Crippen LogP contribution is -2.17. The zero-order valence-electron chi connectivity index (χ0n) is 12.0. The first-order valence-corrected chi connectivity index (χ1v) is 6.77. The summed E-state index contributed by atoms with van der Waals surface area (Å²) in [6, 6.07) is 9.54. The number of esters is 1. The molecule has 5 heteroatoms. The average molecular weight is 287 g/mol. The molecule has 0 spiro atoms. The SMILES string of the molecule is CNC(c1ccc2c(c1)COC2)c1ccc(C(=O)OC)o1. The van der Waals surface area contributed by atoms with Crippen LogP contribution in [0, 0.1) is 0 Å². The average Bonchev–Trinajstić information content (AvgIpc) is 3.15. The number of carbonyl (C=O) groups is 1. The van der Waals surface area contributed by atoms with Crippen LogP contribution in [0.25, 0.3) is 0 Å². The van der Waals surface area contributed by atoms with E-state index in [9.17, 15) is 4.79 Å². The Bertz CT molecular complexity index is 662. The topological polar surface area (TPSA) is 60.7 Å². The quantitative estimate of drug-likeness (QED) is 0.875. The maximum Gasteiger partial charge on any atom is 0.373 e. The molecule has 3 rings (SSSR count). The number of carbonyl (C=O) groups excluding carboxylic acids is 1. The van der Waals surface area contributed by atoms with Gasteiger partial charge in [0.15, 0.2) is 0 Å². The molecule has 0 fully saturated rings. The number of ether oxygens (including phenoxy) is 2. The Labute approximate surface area is 122 Å². The first-order valence-electron chi connectivity index (χ1n) is 6.77. The van der Waals surface area contributed by atoms with Gasteiger partial charge in [0.25, 0.3) is 0 Å². The van der Waals surface area contributed by atoms with E-state index in [4.69, 9.17) is 9.15 Å². The van der Waals surface area contributed by atoms with Gasteiger partial charge in [0, 0.05) is 0 Å². The van der Waals surface area contributed by atoms with Crippen molar-refractivity contribution in [3.63, 3.8) is 0 Å². The Balaban J connectivity index is 1.91. The molecule has 1 aliphatic heterocycles. The molecule has 1 atom stereocenters. The van der Waals surface area contributed by atoms with Crippen LogP contribution < -0.4 is 5.32 Å². The third kappa shape index (κ3) is 2.57. The van der Waals surface area contributed by atoms with Crippen LogP contribution >= 0.6 is 0 Å². The summed E-state index contributed by atoms with van der Waals surface area (Å²) in [5.41, 5.74) is 3.50. The Hall–Kier alpha value is -2.11. The van der Waals surface area contributed by atoms with Crippen LogP contribution in [0.1, 0.15) is 39.0 Å². The third-order valence-corrected chi connectivity index (χ3v) is 3.67. The Morgan fingerprint density at radius 1 is 1.24 bits per heavy atom. The summed E-state index contributed by atoms with van der Waals surface area (Å²) in [6.07, 6.45) is 0. The fourth-order valence-corrected chi connectivity index (χ4v) is 2.56. The fourth-order valence-electron chi connectivity index (χ4n) is 2.56. The van der Waals surface area contributed by atoms with Gasteiger partial charge in [0.2, 0.25) is 5.76 Å². The van der Waals surface area contributed by atoms with E-state index in [1.165, 1.54) is 18.2 Å². The van der Waals surface area contributed by atoms with Crippen molar-refractivity contribution in [2.24, 2.45) is 0 Å². The first kappa shape index (κ1) is 13.9. The van der Waals surface area contributed by atoms with Crippen LogP contribution in [-0.2, 0) is 22.7 Å². The monoisotopic (exact) mass is 287 g/mol. The van der Waals surface area contributed by atoms with Gasteiger partial charge in [-0.15, -0.1) is 0 Å². The number of hydrogen-bond donors (Lipinski definition) is 1. The second-order valence-electron chi connectivity index (χ2n) is 4.94. The lowest BCUT2D eigenvalue weighted by atomic mass is 10.00. The minimum Gasteiger partial charge on any atom is -0.463 e. The van der Waals surface area contributed by atoms with E-state index in [0.717, 1.165) is 5.56 Å². The summed E-state index contributed by atoms with van der Waals surface area (Å²) in [6.45, 7) is 1.32. The molecule has 5 nitrogen and oxygen atoms in total. The maximum absolute atomic E-state index is 11.5. The third-order valence-electron chi connectivity index (χ3n) is 3.67. The van der Waals surface area contributed by atoms with Gasteiger partial charge in [0.05, 0.1) is 26.4 Å². The van der Waals surface area contributed by atoms with Gasteiger partial charge in [-0.2, -0.15) is 0 Å². The van der Waals surface area contributed by atoms with Crippen molar-refractivity contribution in [2.45, 2.75) is 19.3 Å². The molecule has 1 unspecified atom stereocenters. The molecule has 0 saturated heterocycles. The highest BCUT2D eigenvalue weighted by Crippen LogP contribution is 2.28. The van der Waals surface area contributed by atoms with Crippen LogP contribution in [0.3, 0.4) is 0 Å². The molecule has 1 aromatic heterocycles. The van der Waals surface area contributed by atoms with Crippen LogP contribution in [0.15, 0.2) is 34.7 Å². The Morgan fingerprint density at radius 2 is 2.05 bits per heavy atom. The smallest absolute Gasteiger partial charge is 0.373 e. The van der Waals surface area contributed by atoms with Crippen LogP contribution in [0.4, 0.5) is 0 Å². The van der Waals surface area contributed by atoms with E-state index in [-0.39, 0.29) is 11.8 Å². The highest BCUT2D eigenvalue weighted by atomic mass is 16.5. The number of furan rings is 1. The molecule has 1 aromatic carbocycles. The van der Waals surface area contributed by atoms with E-state index in [1.54, 1.807) is 12.1 Å². The number of benzene rings is 1. The molecular formula is C16H17NO4. The highest BCUT2D eigenvalue weighted by molar-refractivity contribution is 5.86. The molecule has 0 bridgehead atoms. The van der Waals surface area contributed by atoms with Crippen molar-refractivity contribution in [3.8, 4) is 0 Å². The van der Waals surface area contributed by atoms with Gasteiger partial charge in [-0.3, -0.25) is 0 Å². The number of nitrogens with one attached hydrogen (secondary N) is 1. The van der Waals surface area contributed by atoms with Crippen molar-refractivity contribution in [3.05, 3.63) is 58.5 Å². The van der Waals surface area contributed by atoms with E-state index < -0.39 is 5.97 Å². The Kier molecular flexibility index (Phi) is 3.77. The normalized spacial score (nSPS) is 14.8. The van der Waals surface area contributed by atoms with Crippen molar-refractivity contribution in [2.75, 3.05) is 14.2 Å². The molecule has 1 aliphatic rings. The van der Waals surface area contributed by atoms with Gasteiger partial charge in [-0.05, 0) is 35.9 Å². The summed E-state index contributed by atoms with van der Waals surface area (Å²) in [7, 11) is 3.19. The van der Waals surface area contributed by atoms with Crippen molar-refractivity contribution in [1.29, 1.82) is 0 Å². The second kappa shape index (κ2) is 5.71. The molecule has 0 saturated carbocycles. The predicted octanol–water partition coefficient (Wildman–Crippen LogP) is 2.41. The predicted molar refractivity (Wildman–Crippen MR) is 75.9 cm³/mol. The second-order valence-corrected chi connectivity index (χ2v) is 4.94. The zero-order chi connectivity index (χ0) is 14.8. The van der Waals surface area contributed by atoms with E-state index >= 15 is 0 Å². The lowest BCUT2D eigenvalue weighted by Gasteiger charge is -2.15. The summed E-state index contributed by atoms with van der Waals surface area (Å²) in [5, 5.41) is 3.21. The van der Waals surface area contributed by atoms with E-state index in [2.05, 4.69) is 28.3 Å². The van der Waals surface area contributed by atoms with Gasteiger partial charge in [0.1, 0.15) is 5.76 Å². The minimum atomic E-state index is -0.474. The molecule has 21 heavy (non-hydrogen) atoms. The number of hydrogen-bond acceptors (Lipinski definition) is 5. The lowest BCUT2D eigenvalue weighted by molar-refractivity contribution is 0.0562. The van der Waals surface area contributed by atoms with Crippen molar-refractivity contribution >= 4 is 5.97 Å². The molecule has 2 heterocycles. The van der Waals surface area contributed by atoms with Crippen molar-refractivity contribution < 1.29 is 18.7 Å². The molecule has 110 valence electrons. The molecular weight excluding hydrogens is 270 g/mol. The van der Waals surface area contributed by atoms with Gasteiger partial charge in [-0.1, -0.05) is 18.2 Å². The molecule has 0 amide bonds. The van der Waals surface area contributed by atoms with Gasteiger partial charge >= 0.3 is 5.97 Å². The molecule has 1 N–H and O–H groups in total. The summed E-state index contributed by atoms with van der Waals surface area (Å²) >= 11 is 0. The summed E-state index contributed by atoms with van der Waals surface area (Å²) < 4.78 is 15.7. The van der Waals surface area contributed by atoms with Gasteiger partial charge in [-0.25, -0.2) is 4.79 Å². The van der Waals surface area contributed by atoms with Crippen LogP contribution in [-0.4, -0.2) is 20.1 Å². The number of fused-ring (bicyclic) bond motifs is 1. The van der Waals surface area contributed by atoms with Crippen LogP contribution in [0.2, 0.25) is 0 Å². The summed E-state index contributed by atoms with van der Waals surface area (Å²) in [4.78, 5) is 11.5. The standard InChI is InChI=1S/C16H17NO4/c1-17-15(13-5-6-14(21-13)16(18)19-2)10-3-4-11-8-20-9-12(11)7-10/h3-7,15,17H,8-9H2,1-2H3. The first-order chi connectivity index (χ1) is 10.2. The molecule has 0 aliphatic carbocycles. The van der Waals surface area contributed by atoms with Crippen LogP contribution in [0.5, 0.6) is 0 Å². The molecule has 0 radical (unpaired) electrons. The fraction of sp³-hybridized carbons (Fsp3) is 0.312. The minimum absolute atomic E-state index is 0.116. The maximum atomic E-state index is 11.5. The number of methoxy groups -OCH3 is 1. The van der Waals surface area contributed by atoms with Gasteiger partial charge < -0.3 is 19.2 Å². The zero-order valence-corrected chi connectivity index (χ0v) is 12.0. The Morgan fingerprint density at radius 3 is 2.81 bits per heavy atom.